The molecule has 30 heavy (non-hydrogen) atoms. The van der Waals surface area contributed by atoms with E-state index in [1.54, 1.807) is 36.4 Å². The van der Waals surface area contributed by atoms with E-state index in [-0.39, 0.29) is 34.9 Å². The molecule has 2 aromatic rings. The molecule has 2 aliphatic rings. The van der Waals surface area contributed by atoms with Gasteiger partial charge in [-0.3, -0.25) is 19.3 Å². The number of anilines is 1. The molecule has 0 atom stereocenters. The number of fused-ring (bicyclic) bond motifs is 1. The minimum absolute atomic E-state index is 0.122. The van der Waals surface area contributed by atoms with Crippen LogP contribution in [0.5, 0.6) is 0 Å². The third-order valence-electron chi connectivity index (χ3n) is 5.67. The zero-order valence-electron chi connectivity index (χ0n) is 16.8. The third kappa shape index (κ3) is 3.93. The van der Waals surface area contributed by atoms with E-state index in [1.807, 2.05) is 12.1 Å². The molecular weight excluding hydrogens is 491 g/mol. The summed E-state index contributed by atoms with van der Waals surface area (Å²) in [6, 6.07) is 14.3. The fraction of sp³-hybridized carbons (Fsp3) is 0.292. The lowest BCUT2D eigenvalue weighted by atomic mass is 9.88. The zero-order chi connectivity index (χ0) is 21.3. The van der Waals surface area contributed by atoms with Gasteiger partial charge in [0.2, 0.25) is 17.5 Å². The highest BCUT2D eigenvalue weighted by molar-refractivity contribution is 14.1. The Morgan fingerprint density at radius 3 is 2.13 bits per heavy atom. The van der Waals surface area contributed by atoms with Crippen LogP contribution in [-0.4, -0.2) is 23.5 Å². The molecule has 1 amide bonds. The van der Waals surface area contributed by atoms with Gasteiger partial charge in [-0.05, 0) is 59.7 Å². The second-order valence-corrected chi connectivity index (χ2v) is 8.98. The van der Waals surface area contributed by atoms with Crippen LogP contribution in [0.25, 0.3) is 0 Å². The van der Waals surface area contributed by atoms with E-state index in [2.05, 4.69) is 27.9 Å². The number of carbonyl (C=O) groups excluding carboxylic acids is 3. The number of halogens is 1. The molecule has 0 saturated heterocycles. The highest BCUT2D eigenvalue weighted by atomic mass is 127. The van der Waals surface area contributed by atoms with Gasteiger partial charge in [0.1, 0.15) is 11.4 Å². The molecule has 4 rings (SSSR count). The predicted octanol–water partition coefficient (Wildman–Crippen LogP) is 4.86. The maximum absolute atomic E-state index is 13.6. The first-order valence-corrected chi connectivity index (χ1v) is 11.3. The van der Waals surface area contributed by atoms with E-state index < -0.39 is 0 Å². The Morgan fingerprint density at radius 1 is 0.933 bits per heavy atom. The first-order valence-electron chi connectivity index (χ1n) is 10.2. The van der Waals surface area contributed by atoms with Gasteiger partial charge in [0.15, 0.2) is 0 Å². The molecule has 1 fully saturated rings. The van der Waals surface area contributed by atoms with E-state index >= 15 is 0 Å². The lowest BCUT2D eigenvalue weighted by molar-refractivity contribution is -0.116. The number of hydrogen-bond acceptors (Lipinski definition) is 4. The van der Waals surface area contributed by atoms with Crippen LogP contribution in [-0.2, 0) is 4.79 Å². The van der Waals surface area contributed by atoms with Crippen molar-refractivity contribution < 1.29 is 14.4 Å². The molecule has 1 N–H and O–H groups in total. The Morgan fingerprint density at radius 2 is 1.53 bits per heavy atom. The second-order valence-electron chi connectivity index (χ2n) is 7.74. The molecule has 154 valence electrons. The van der Waals surface area contributed by atoms with Crippen LogP contribution < -0.4 is 10.2 Å². The highest BCUT2D eigenvalue weighted by Gasteiger charge is 2.38. The fourth-order valence-corrected chi connectivity index (χ4v) is 4.58. The summed E-state index contributed by atoms with van der Waals surface area (Å²) in [4.78, 5) is 41.1. The van der Waals surface area contributed by atoms with Crippen molar-refractivity contribution in [3.05, 3.63) is 74.6 Å². The molecule has 1 saturated carbocycles. The van der Waals surface area contributed by atoms with Crippen molar-refractivity contribution in [2.24, 2.45) is 0 Å². The van der Waals surface area contributed by atoms with Gasteiger partial charge < -0.3 is 5.32 Å². The van der Waals surface area contributed by atoms with Gasteiger partial charge in [0.05, 0.1) is 0 Å². The Hall–Kier alpha value is -2.48. The number of nitrogens with one attached hydrogen (secondary N) is 1. The quantitative estimate of drug-likeness (QED) is 0.593. The molecule has 0 unspecified atom stereocenters. The zero-order valence-corrected chi connectivity index (χ0v) is 18.9. The number of rotatable bonds is 4. The number of hydrogen-bond donors (Lipinski definition) is 1. The third-order valence-corrected chi connectivity index (χ3v) is 6.39. The van der Waals surface area contributed by atoms with Gasteiger partial charge in [0.25, 0.3) is 0 Å². The predicted molar refractivity (Wildman–Crippen MR) is 124 cm³/mol. The van der Waals surface area contributed by atoms with Crippen molar-refractivity contribution in [1.29, 1.82) is 0 Å². The minimum Gasteiger partial charge on any atom is -0.377 e. The first kappa shape index (κ1) is 20.8. The normalized spacial score (nSPS) is 17.0. The van der Waals surface area contributed by atoms with Crippen LogP contribution in [0.15, 0.2) is 59.9 Å². The molecule has 0 aliphatic heterocycles. The summed E-state index contributed by atoms with van der Waals surface area (Å²) in [5, 5.41) is 3.36. The van der Waals surface area contributed by atoms with Crippen LogP contribution >= 0.6 is 22.6 Å². The maximum Gasteiger partial charge on any atom is 0.228 e. The topological polar surface area (TPSA) is 66.5 Å². The molecule has 0 spiro atoms. The first-order chi connectivity index (χ1) is 14.5. The summed E-state index contributed by atoms with van der Waals surface area (Å²) in [6.07, 6.45) is 5.26. The summed E-state index contributed by atoms with van der Waals surface area (Å²) in [6.45, 7) is 1.42. The van der Waals surface area contributed by atoms with Crippen molar-refractivity contribution >= 4 is 45.8 Å². The summed E-state index contributed by atoms with van der Waals surface area (Å²) in [5.74, 6) is -0.852. The van der Waals surface area contributed by atoms with Crippen LogP contribution in [0.4, 0.5) is 5.69 Å². The van der Waals surface area contributed by atoms with Crippen LogP contribution in [0.1, 0.15) is 59.7 Å². The lowest BCUT2D eigenvalue weighted by Gasteiger charge is -2.32. The van der Waals surface area contributed by atoms with Gasteiger partial charge in [-0.1, -0.05) is 43.5 Å². The lowest BCUT2D eigenvalue weighted by Crippen LogP contribution is -2.43. The number of allylic oxidation sites excluding steroid dienone is 2. The van der Waals surface area contributed by atoms with Crippen molar-refractivity contribution in [2.75, 3.05) is 4.90 Å². The van der Waals surface area contributed by atoms with Gasteiger partial charge in [-0.25, -0.2) is 0 Å². The number of nitrogens with zero attached hydrogens (tertiary/aromatic N) is 1. The summed E-state index contributed by atoms with van der Waals surface area (Å²) < 4.78 is 1.02. The molecule has 2 aliphatic carbocycles. The maximum atomic E-state index is 13.6. The summed E-state index contributed by atoms with van der Waals surface area (Å²) in [7, 11) is 0. The van der Waals surface area contributed by atoms with Crippen molar-refractivity contribution in [3.8, 4) is 0 Å². The second kappa shape index (κ2) is 8.71. The SMILES string of the molecule is CC(=O)N(C1=C(NC2CCCCC2)C(=O)c2ccccc2C1=O)c1ccc(I)cc1. The average Bonchev–Trinajstić information content (AvgIpc) is 2.76. The average molecular weight is 514 g/mol. The number of ketones is 2. The molecule has 2 aromatic carbocycles. The van der Waals surface area contributed by atoms with E-state index in [0.29, 0.717) is 16.8 Å². The van der Waals surface area contributed by atoms with Crippen molar-refractivity contribution in [3.63, 3.8) is 0 Å². The summed E-state index contributed by atoms with van der Waals surface area (Å²) in [5.41, 5.74) is 1.65. The van der Waals surface area contributed by atoms with Crippen molar-refractivity contribution in [1.82, 2.24) is 5.32 Å². The molecule has 0 radical (unpaired) electrons. The Bertz CT molecular complexity index is 1040. The molecule has 0 bridgehead atoms. The fourth-order valence-electron chi connectivity index (χ4n) is 4.22. The Labute approximate surface area is 189 Å². The minimum atomic E-state index is -0.310. The van der Waals surface area contributed by atoms with Crippen LogP contribution in [0.2, 0.25) is 0 Å². The Balaban J connectivity index is 1.87. The number of amides is 1. The largest absolute Gasteiger partial charge is 0.377 e. The number of Topliss-reactive ketones (excluding diaryl/α,β-unsaturated/α-hetero) is 2. The molecular formula is C24H23IN2O3. The Kier molecular flexibility index (Phi) is 6.04. The number of benzene rings is 2. The van der Waals surface area contributed by atoms with Crippen molar-refractivity contribution in [2.45, 2.75) is 45.1 Å². The van der Waals surface area contributed by atoms with Gasteiger partial charge in [0, 0.05) is 33.4 Å². The molecule has 6 heteroatoms. The van der Waals surface area contributed by atoms with E-state index in [4.69, 9.17) is 0 Å². The number of carbonyl (C=O) groups is 3. The van der Waals surface area contributed by atoms with E-state index in [1.165, 1.54) is 18.2 Å². The molecule has 0 aromatic heterocycles. The van der Waals surface area contributed by atoms with Gasteiger partial charge >= 0.3 is 0 Å². The molecule has 5 nitrogen and oxygen atoms in total. The standard InChI is InChI=1S/C24H23IN2O3/c1-15(28)27(18-13-11-16(25)12-14-18)22-21(26-17-7-3-2-4-8-17)23(29)19-9-5-6-10-20(19)24(22)30/h5-6,9-14,17,26H,2-4,7-8H2,1H3. The smallest absolute Gasteiger partial charge is 0.228 e. The summed E-state index contributed by atoms with van der Waals surface area (Å²) >= 11 is 2.19. The van der Waals surface area contributed by atoms with Gasteiger partial charge in [-0.2, -0.15) is 0 Å². The van der Waals surface area contributed by atoms with Gasteiger partial charge in [-0.15, -0.1) is 0 Å². The van der Waals surface area contributed by atoms with Crippen LogP contribution in [0, 0.1) is 3.57 Å². The molecule has 0 heterocycles. The monoisotopic (exact) mass is 514 g/mol. The van der Waals surface area contributed by atoms with E-state index in [0.717, 1.165) is 29.3 Å². The van der Waals surface area contributed by atoms with Crippen LogP contribution in [0.3, 0.4) is 0 Å². The van der Waals surface area contributed by atoms with E-state index in [9.17, 15) is 14.4 Å². The highest BCUT2D eigenvalue weighted by Crippen LogP contribution is 2.32.